The van der Waals surface area contributed by atoms with E-state index in [1.165, 1.54) is 26.4 Å². The quantitative estimate of drug-likeness (QED) is 0.480. The molecule has 2 fully saturated rings. The van der Waals surface area contributed by atoms with Gasteiger partial charge in [-0.25, -0.2) is 18.1 Å². The molecule has 2 unspecified atom stereocenters. The fourth-order valence-electron chi connectivity index (χ4n) is 4.59. The highest BCUT2D eigenvalue weighted by atomic mass is 32.2. The molecule has 36 heavy (non-hydrogen) atoms. The molecule has 0 radical (unpaired) electrons. The number of aromatic nitrogens is 3. The number of morpholine rings is 1. The summed E-state index contributed by atoms with van der Waals surface area (Å²) in [5.74, 6) is -0.539. The molecular weight excluding hydrogens is 486 g/mol. The van der Waals surface area contributed by atoms with Crippen molar-refractivity contribution < 1.29 is 27.4 Å². The van der Waals surface area contributed by atoms with E-state index < -0.39 is 15.9 Å². The molecule has 11 nitrogen and oxygen atoms in total. The largest absolute Gasteiger partial charge is 0.495 e. The Morgan fingerprint density at radius 3 is 2.58 bits per heavy atom. The Morgan fingerprint density at radius 1 is 1.14 bits per heavy atom. The summed E-state index contributed by atoms with van der Waals surface area (Å²) in [6.45, 7) is 1.75. The summed E-state index contributed by atoms with van der Waals surface area (Å²) in [6, 6.07) is 9.83. The number of nitrogens with one attached hydrogen (secondary N) is 1. The first kappa shape index (κ1) is 24.1. The van der Waals surface area contributed by atoms with Gasteiger partial charge in [0.05, 0.1) is 33.0 Å². The minimum Gasteiger partial charge on any atom is -0.495 e. The van der Waals surface area contributed by atoms with Crippen molar-refractivity contribution in [2.24, 2.45) is 0 Å². The number of rotatable bonds is 8. The number of ether oxygens (including phenoxy) is 3. The van der Waals surface area contributed by atoms with E-state index in [1.54, 1.807) is 35.3 Å². The van der Waals surface area contributed by atoms with Crippen LogP contribution < -0.4 is 19.1 Å². The van der Waals surface area contributed by atoms with Crippen LogP contribution in [-0.2, 0) is 21.3 Å². The van der Waals surface area contributed by atoms with Gasteiger partial charge in [-0.1, -0.05) is 0 Å². The number of amides is 1. The Kier molecular flexibility index (Phi) is 6.54. The molecule has 5 rings (SSSR count). The Bertz CT molecular complexity index is 1350. The number of benzene rings is 1. The summed E-state index contributed by atoms with van der Waals surface area (Å²) in [5.41, 5.74) is 1.32. The smallest absolute Gasteiger partial charge is 0.283 e. The average molecular weight is 514 g/mol. The van der Waals surface area contributed by atoms with Crippen molar-refractivity contribution in [1.29, 1.82) is 0 Å². The number of carbonyl (C=O) groups is 1. The van der Waals surface area contributed by atoms with Gasteiger partial charge in [0.2, 0.25) is 5.88 Å². The van der Waals surface area contributed by atoms with Crippen LogP contribution in [0.3, 0.4) is 0 Å². The van der Waals surface area contributed by atoms with Crippen LogP contribution >= 0.6 is 0 Å². The predicted molar refractivity (Wildman–Crippen MR) is 130 cm³/mol. The summed E-state index contributed by atoms with van der Waals surface area (Å²) < 4.78 is 46.9. The highest BCUT2D eigenvalue weighted by Gasteiger charge is 2.34. The molecular formula is C24H27N5O6S. The van der Waals surface area contributed by atoms with E-state index in [0.29, 0.717) is 25.2 Å². The van der Waals surface area contributed by atoms with Crippen LogP contribution in [0.5, 0.6) is 11.6 Å². The van der Waals surface area contributed by atoms with Gasteiger partial charge in [0.25, 0.3) is 15.9 Å². The molecule has 12 heteroatoms. The average Bonchev–Trinajstić information content (AvgIpc) is 3.52. The maximum atomic E-state index is 13.3. The van der Waals surface area contributed by atoms with Crippen LogP contribution in [0.4, 0.5) is 5.69 Å². The van der Waals surface area contributed by atoms with E-state index in [0.717, 1.165) is 18.5 Å². The molecule has 4 heterocycles. The summed E-state index contributed by atoms with van der Waals surface area (Å²) >= 11 is 0. The second-order valence-electron chi connectivity index (χ2n) is 8.70. The standard InChI is InChI=1S/C24H27N5O6S/c1-33-21-9-5-17(28-14-18-6-7-19(15-28)35-18)12-22(21)36(31,32)27-23(30)20-8-4-16(24(26-20)34-2)13-29-11-3-10-25-29/h3-5,8-12,18-19H,6-7,13-15H2,1-2H3,(H,27,30). The molecule has 2 aromatic heterocycles. The zero-order chi connectivity index (χ0) is 25.3. The molecule has 1 aromatic carbocycles. The van der Waals surface area contributed by atoms with E-state index in [1.807, 2.05) is 6.07 Å². The van der Waals surface area contributed by atoms with Crippen molar-refractivity contribution in [3.05, 3.63) is 60.0 Å². The van der Waals surface area contributed by atoms with Crippen molar-refractivity contribution in [3.8, 4) is 11.6 Å². The zero-order valence-electron chi connectivity index (χ0n) is 20.0. The van der Waals surface area contributed by atoms with Crippen molar-refractivity contribution in [2.45, 2.75) is 36.5 Å². The van der Waals surface area contributed by atoms with Gasteiger partial charge in [-0.15, -0.1) is 0 Å². The third kappa shape index (κ3) is 4.86. The summed E-state index contributed by atoms with van der Waals surface area (Å²) in [7, 11) is -1.45. The number of hydrogen-bond donors (Lipinski definition) is 1. The number of sulfonamides is 1. The van der Waals surface area contributed by atoms with Gasteiger partial charge in [0.1, 0.15) is 16.3 Å². The fraction of sp³-hybridized carbons (Fsp3) is 0.375. The third-order valence-corrected chi connectivity index (χ3v) is 7.68. The van der Waals surface area contributed by atoms with Gasteiger partial charge in [0.15, 0.2) is 0 Å². The lowest BCUT2D eigenvalue weighted by Crippen LogP contribution is -2.42. The number of anilines is 1. The van der Waals surface area contributed by atoms with Crippen LogP contribution in [0, 0.1) is 0 Å². The Labute approximate surface area is 209 Å². The van der Waals surface area contributed by atoms with Crippen LogP contribution in [0.25, 0.3) is 0 Å². The topological polar surface area (TPSA) is 125 Å². The van der Waals surface area contributed by atoms with Gasteiger partial charge in [-0.05, 0) is 49.2 Å². The van der Waals surface area contributed by atoms with Crippen molar-refractivity contribution in [2.75, 3.05) is 32.2 Å². The lowest BCUT2D eigenvalue weighted by molar-refractivity contribution is 0.0305. The van der Waals surface area contributed by atoms with Crippen LogP contribution in [-0.4, -0.2) is 68.6 Å². The summed E-state index contributed by atoms with van der Waals surface area (Å²) in [5, 5.41) is 4.15. The summed E-state index contributed by atoms with van der Waals surface area (Å²) in [6.07, 6.45) is 5.71. The minimum atomic E-state index is -4.27. The fourth-order valence-corrected chi connectivity index (χ4v) is 5.74. The number of nitrogens with zero attached hydrogens (tertiary/aromatic N) is 4. The first-order valence-corrected chi connectivity index (χ1v) is 13.0. The Hall–Kier alpha value is -3.64. The van der Waals surface area contributed by atoms with Crippen LogP contribution in [0.1, 0.15) is 28.9 Å². The first-order valence-electron chi connectivity index (χ1n) is 11.5. The van der Waals surface area contributed by atoms with E-state index in [9.17, 15) is 13.2 Å². The van der Waals surface area contributed by atoms with Crippen molar-refractivity contribution >= 4 is 21.6 Å². The van der Waals surface area contributed by atoms with Crippen LogP contribution in [0.15, 0.2) is 53.7 Å². The van der Waals surface area contributed by atoms with E-state index in [4.69, 9.17) is 14.2 Å². The summed E-state index contributed by atoms with van der Waals surface area (Å²) in [4.78, 5) is 19.1. The van der Waals surface area contributed by atoms with Gasteiger partial charge in [-0.2, -0.15) is 5.10 Å². The number of carbonyl (C=O) groups excluding carboxylic acids is 1. The van der Waals surface area contributed by atoms with Gasteiger partial charge in [0, 0.05) is 36.7 Å². The number of hydrogen-bond acceptors (Lipinski definition) is 9. The number of methoxy groups -OCH3 is 2. The molecule has 2 aliphatic rings. The van der Waals surface area contributed by atoms with Gasteiger partial charge in [-0.3, -0.25) is 9.48 Å². The van der Waals surface area contributed by atoms with E-state index in [-0.39, 0.29) is 34.4 Å². The second kappa shape index (κ2) is 9.78. The minimum absolute atomic E-state index is 0.0977. The van der Waals surface area contributed by atoms with Crippen molar-refractivity contribution in [1.82, 2.24) is 19.5 Å². The zero-order valence-corrected chi connectivity index (χ0v) is 20.8. The third-order valence-electron chi connectivity index (χ3n) is 6.33. The highest BCUT2D eigenvalue weighted by Crippen LogP contribution is 2.33. The number of fused-ring (bicyclic) bond motifs is 2. The maximum absolute atomic E-state index is 13.3. The molecule has 3 aromatic rings. The Morgan fingerprint density at radius 2 is 1.92 bits per heavy atom. The molecule has 0 aliphatic carbocycles. The first-order chi connectivity index (χ1) is 17.4. The molecule has 0 saturated carbocycles. The van der Waals surface area contributed by atoms with E-state index >= 15 is 0 Å². The molecule has 1 N–H and O–H groups in total. The van der Waals surface area contributed by atoms with Gasteiger partial charge < -0.3 is 19.1 Å². The lowest BCUT2D eigenvalue weighted by atomic mass is 10.2. The second-order valence-corrected chi connectivity index (χ2v) is 10.4. The Balaban J connectivity index is 1.37. The normalized spacial score (nSPS) is 19.2. The SMILES string of the molecule is COc1ccc(N2CC3CCC(C2)O3)cc1S(=O)(=O)NC(=O)c1ccc(Cn2cccn2)c(OC)n1. The molecule has 2 bridgehead atoms. The lowest BCUT2D eigenvalue weighted by Gasteiger charge is -2.34. The highest BCUT2D eigenvalue weighted by molar-refractivity contribution is 7.90. The molecule has 190 valence electrons. The maximum Gasteiger partial charge on any atom is 0.283 e. The van der Waals surface area contributed by atoms with Crippen LogP contribution in [0.2, 0.25) is 0 Å². The predicted octanol–water partition coefficient (Wildman–Crippen LogP) is 1.83. The monoisotopic (exact) mass is 513 g/mol. The number of pyridine rings is 1. The molecule has 2 atom stereocenters. The van der Waals surface area contributed by atoms with Crippen molar-refractivity contribution in [3.63, 3.8) is 0 Å². The molecule has 0 spiro atoms. The van der Waals surface area contributed by atoms with E-state index in [2.05, 4.69) is 19.7 Å². The molecule has 1 amide bonds. The molecule has 2 aliphatic heterocycles. The molecule has 2 saturated heterocycles. The van der Waals surface area contributed by atoms with Gasteiger partial charge >= 0.3 is 0 Å².